The minimum absolute atomic E-state index is 0.0861. The molecule has 1 aliphatic heterocycles. The summed E-state index contributed by atoms with van der Waals surface area (Å²) in [6.45, 7) is 5.88. The lowest BCUT2D eigenvalue weighted by Crippen LogP contribution is -2.50. The predicted molar refractivity (Wildman–Crippen MR) is 91.7 cm³/mol. The molecule has 1 amide bonds. The predicted octanol–water partition coefficient (Wildman–Crippen LogP) is 1.80. The monoisotopic (exact) mass is 344 g/mol. The van der Waals surface area contributed by atoms with E-state index in [9.17, 15) is 4.79 Å². The van der Waals surface area contributed by atoms with Crippen LogP contribution in [0.25, 0.3) is 0 Å². The first-order chi connectivity index (χ1) is 12.0. The van der Waals surface area contributed by atoms with E-state index >= 15 is 0 Å². The summed E-state index contributed by atoms with van der Waals surface area (Å²) < 4.78 is 11.1. The summed E-state index contributed by atoms with van der Waals surface area (Å²) in [6.07, 6.45) is -0.356. The molecule has 7 heteroatoms. The standard InChI is InChI=1S/C18H24N4O3/c1-13(21(3)11-15-7-5-4-6-8-15)18(23)22-9-10-24-16(12-22)17-20-19-14(2)25-17/h4-8,13,16H,9-12H2,1-3H3/t13-,16+/m0/s1. The van der Waals surface area contributed by atoms with Crippen molar-refractivity contribution in [1.82, 2.24) is 20.0 Å². The third kappa shape index (κ3) is 4.24. The molecule has 2 heterocycles. The Hall–Kier alpha value is -2.25. The third-order valence-corrected chi connectivity index (χ3v) is 4.49. The van der Waals surface area contributed by atoms with Gasteiger partial charge >= 0.3 is 0 Å². The van der Waals surface area contributed by atoms with Gasteiger partial charge in [-0.3, -0.25) is 9.69 Å². The summed E-state index contributed by atoms with van der Waals surface area (Å²) in [5, 5.41) is 7.84. The largest absolute Gasteiger partial charge is 0.423 e. The van der Waals surface area contributed by atoms with Crippen molar-refractivity contribution in [3.8, 4) is 0 Å². The van der Waals surface area contributed by atoms with E-state index in [1.54, 1.807) is 6.92 Å². The SMILES string of the molecule is Cc1nnc([C@H]2CN(C(=O)[C@H](C)N(C)Cc3ccccc3)CCO2)o1. The number of morpholine rings is 1. The second kappa shape index (κ2) is 7.76. The number of likely N-dealkylation sites (N-methyl/N-ethyl adjacent to an activating group) is 1. The Morgan fingerprint density at radius 3 is 2.80 bits per heavy atom. The zero-order valence-electron chi connectivity index (χ0n) is 14.9. The zero-order chi connectivity index (χ0) is 17.8. The number of aryl methyl sites for hydroxylation is 1. The lowest BCUT2D eigenvalue weighted by molar-refractivity contribution is -0.144. The van der Waals surface area contributed by atoms with Crippen molar-refractivity contribution in [2.75, 3.05) is 26.7 Å². The van der Waals surface area contributed by atoms with Crippen LogP contribution in [0, 0.1) is 6.92 Å². The Kier molecular flexibility index (Phi) is 5.45. The summed E-state index contributed by atoms with van der Waals surface area (Å²) in [4.78, 5) is 16.7. The number of hydrogen-bond acceptors (Lipinski definition) is 6. The number of hydrogen-bond donors (Lipinski definition) is 0. The molecule has 1 aliphatic rings. The minimum Gasteiger partial charge on any atom is -0.423 e. The summed E-state index contributed by atoms with van der Waals surface area (Å²) >= 11 is 0. The number of rotatable bonds is 5. The van der Waals surface area contributed by atoms with Crippen molar-refractivity contribution in [1.29, 1.82) is 0 Å². The maximum atomic E-state index is 12.9. The molecule has 0 spiro atoms. The molecule has 0 N–H and O–H groups in total. The smallest absolute Gasteiger partial charge is 0.246 e. The molecule has 7 nitrogen and oxygen atoms in total. The summed E-state index contributed by atoms with van der Waals surface area (Å²) in [7, 11) is 1.97. The van der Waals surface area contributed by atoms with Gasteiger partial charge in [-0.2, -0.15) is 0 Å². The van der Waals surface area contributed by atoms with E-state index < -0.39 is 0 Å². The average molecular weight is 344 g/mol. The van der Waals surface area contributed by atoms with Gasteiger partial charge in [-0.05, 0) is 19.5 Å². The lowest BCUT2D eigenvalue weighted by atomic mass is 10.1. The highest BCUT2D eigenvalue weighted by Crippen LogP contribution is 2.22. The quantitative estimate of drug-likeness (QED) is 0.824. The van der Waals surface area contributed by atoms with Gasteiger partial charge in [0.15, 0.2) is 6.10 Å². The Balaban J connectivity index is 1.61. The average Bonchev–Trinajstić information content (AvgIpc) is 3.08. The second-order valence-electron chi connectivity index (χ2n) is 6.38. The van der Waals surface area contributed by atoms with Crippen LogP contribution < -0.4 is 0 Å². The van der Waals surface area contributed by atoms with Crippen molar-refractivity contribution >= 4 is 5.91 Å². The first-order valence-electron chi connectivity index (χ1n) is 8.49. The van der Waals surface area contributed by atoms with E-state index in [-0.39, 0.29) is 18.1 Å². The number of aromatic nitrogens is 2. The number of nitrogens with zero attached hydrogens (tertiary/aromatic N) is 4. The van der Waals surface area contributed by atoms with Crippen molar-refractivity contribution in [2.45, 2.75) is 32.5 Å². The van der Waals surface area contributed by atoms with Crippen LogP contribution >= 0.6 is 0 Å². The molecule has 0 aliphatic carbocycles. The van der Waals surface area contributed by atoms with E-state index in [0.29, 0.717) is 31.5 Å². The Morgan fingerprint density at radius 1 is 1.36 bits per heavy atom. The first kappa shape index (κ1) is 17.6. The van der Waals surface area contributed by atoms with Crippen LogP contribution in [0.3, 0.4) is 0 Å². The molecule has 1 aromatic carbocycles. The molecular formula is C18H24N4O3. The molecule has 2 aromatic rings. The van der Waals surface area contributed by atoms with Crippen LogP contribution in [-0.4, -0.2) is 58.7 Å². The highest BCUT2D eigenvalue weighted by molar-refractivity contribution is 5.81. The maximum absolute atomic E-state index is 12.9. The summed E-state index contributed by atoms with van der Waals surface area (Å²) in [5.74, 6) is 1.02. The fourth-order valence-electron chi connectivity index (χ4n) is 2.90. The Bertz CT molecular complexity index is 703. The molecule has 3 rings (SSSR count). The van der Waals surface area contributed by atoms with Crippen LogP contribution in [-0.2, 0) is 16.1 Å². The van der Waals surface area contributed by atoms with Crippen molar-refractivity contribution < 1.29 is 13.9 Å². The van der Waals surface area contributed by atoms with E-state index in [1.165, 1.54) is 5.56 Å². The van der Waals surface area contributed by atoms with Crippen LogP contribution in [0.15, 0.2) is 34.7 Å². The fourth-order valence-corrected chi connectivity index (χ4v) is 2.90. The normalized spacial score (nSPS) is 19.2. The molecule has 1 fully saturated rings. The van der Waals surface area contributed by atoms with Gasteiger partial charge in [-0.1, -0.05) is 30.3 Å². The molecule has 25 heavy (non-hydrogen) atoms. The molecule has 2 atom stereocenters. The molecule has 0 saturated carbocycles. The third-order valence-electron chi connectivity index (χ3n) is 4.49. The van der Waals surface area contributed by atoms with Crippen molar-refractivity contribution in [3.63, 3.8) is 0 Å². The van der Waals surface area contributed by atoms with Gasteiger partial charge in [-0.25, -0.2) is 0 Å². The molecule has 0 radical (unpaired) electrons. The van der Waals surface area contributed by atoms with Gasteiger partial charge in [0.25, 0.3) is 0 Å². The summed E-state index contributed by atoms with van der Waals surface area (Å²) in [6, 6.07) is 9.92. The Morgan fingerprint density at radius 2 is 2.12 bits per heavy atom. The topological polar surface area (TPSA) is 71.7 Å². The molecule has 134 valence electrons. The lowest BCUT2D eigenvalue weighted by Gasteiger charge is -2.35. The van der Waals surface area contributed by atoms with Gasteiger partial charge in [0.1, 0.15) is 0 Å². The first-order valence-corrected chi connectivity index (χ1v) is 8.49. The van der Waals surface area contributed by atoms with Crippen LogP contribution in [0.2, 0.25) is 0 Å². The van der Waals surface area contributed by atoms with Crippen molar-refractivity contribution in [3.05, 3.63) is 47.7 Å². The van der Waals surface area contributed by atoms with Crippen molar-refractivity contribution in [2.24, 2.45) is 0 Å². The number of amides is 1. The van der Waals surface area contributed by atoms with Gasteiger partial charge in [0.2, 0.25) is 17.7 Å². The van der Waals surface area contributed by atoms with Crippen LogP contribution in [0.4, 0.5) is 0 Å². The minimum atomic E-state index is -0.356. The van der Waals surface area contributed by atoms with E-state index in [0.717, 1.165) is 6.54 Å². The Labute approximate surface area is 147 Å². The van der Waals surface area contributed by atoms with E-state index in [1.807, 2.05) is 37.1 Å². The molecule has 0 unspecified atom stereocenters. The molecule has 1 saturated heterocycles. The van der Waals surface area contributed by atoms with E-state index in [2.05, 4.69) is 27.2 Å². The number of benzene rings is 1. The zero-order valence-corrected chi connectivity index (χ0v) is 14.9. The van der Waals surface area contributed by atoms with Gasteiger partial charge < -0.3 is 14.1 Å². The molecule has 1 aromatic heterocycles. The van der Waals surface area contributed by atoms with Gasteiger partial charge in [-0.15, -0.1) is 10.2 Å². The molecular weight excluding hydrogens is 320 g/mol. The second-order valence-corrected chi connectivity index (χ2v) is 6.38. The highest BCUT2D eigenvalue weighted by Gasteiger charge is 2.32. The maximum Gasteiger partial charge on any atom is 0.246 e. The van der Waals surface area contributed by atoms with Crippen LogP contribution in [0.1, 0.15) is 30.4 Å². The summed E-state index contributed by atoms with van der Waals surface area (Å²) in [5.41, 5.74) is 1.19. The van der Waals surface area contributed by atoms with Gasteiger partial charge in [0, 0.05) is 20.0 Å². The van der Waals surface area contributed by atoms with Gasteiger partial charge in [0.05, 0.1) is 19.2 Å². The van der Waals surface area contributed by atoms with E-state index in [4.69, 9.17) is 9.15 Å². The fraction of sp³-hybridized carbons (Fsp3) is 0.500. The number of carbonyl (C=O) groups is 1. The number of carbonyl (C=O) groups excluding carboxylic acids is 1. The molecule has 0 bridgehead atoms. The highest BCUT2D eigenvalue weighted by atomic mass is 16.5. The van der Waals surface area contributed by atoms with Crippen LogP contribution in [0.5, 0.6) is 0 Å². The number of ether oxygens (including phenoxy) is 1.